The van der Waals surface area contributed by atoms with Gasteiger partial charge in [0.15, 0.2) is 6.10 Å². The lowest BCUT2D eigenvalue weighted by Gasteiger charge is -2.21. The second-order valence-electron chi connectivity index (χ2n) is 8.46. The fourth-order valence-electron chi connectivity index (χ4n) is 3.74. The van der Waals surface area contributed by atoms with Crippen LogP contribution in [0.3, 0.4) is 0 Å². The minimum atomic E-state index is -4.13. The van der Waals surface area contributed by atoms with Gasteiger partial charge in [-0.25, -0.2) is 9.59 Å². The molecular weight excluding hydrogens is 500 g/mol. The van der Waals surface area contributed by atoms with Gasteiger partial charge in [0.25, 0.3) is 10.1 Å². The first-order valence-corrected chi connectivity index (χ1v) is 12.9. The van der Waals surface area contributed by atoms with E-state index < -0.39 is 53.1 Å². The molecular formula is C27H26O9S. The molecule has 0 aromatic heterocycles. The highest BCUT2D eigenvalue weighted by Gasteiger charge is 2.47. The molecule has 0 amide bonds. The van der Waals surface area contributed by atoms with Gasteiger partial charge in [0.05, 0.1) is 22.6 Å². The zero-order chi connectivity index (χ0) is 26.4. The van der Waals surface area contributed by atoms with Gasteiger partial charge in [-0.05, 0) is 43.3 Å². The molecule has 0 aliphatic carbocycles. The summed E-state index contributed by atoms with van der Waals surface area (Å²) in [5.41, 5.74) is 1.43. The number of esters is 2. The third-order valence-corrected chi connectivity index (χ3v) is 7.07. The summed E-state index contributed by atoms with van der Waals surface area (Å²) in [5.74, 6) is -1.35. The molecule has 1 fully saturated rings. The van der Waals surface area contributed by atoms with Gasteiger partial charge < -0.3 is 19.3 Å². The van der Waals surface area contributed by atoms with Crippen molar-refractivity contribution in [3.05, 3.63) is 102 Å². The normalized spacial score (nSPS) is 21.4. The smallest absolute Gasteiger partial charge is 0.338 e. The fraction of sp³-hybridized carbons (Fsp3) is 0.259. The van der Waals surface area contributed by atoms with E-state index in [1.807, 2.05) is 6.92 Å². The fourth-order valence-corrected chi connectivity index (χ4v) is 4.66. The Morgan fingerprint density at radius 1 is 0.811 bits per heavy atom. The number of benzene rings is 3. The van der Waals surface area contributed by atoms with E-state index in [-0.39, 0.29) is 17.1 Å². The average molecular weight is 527 g/mol. The number of aliphatic hydroxyl groups excluding tert-OH is 1. The van der Waals surface area contributed by atoms with Crippen LogP contribution in [0.2, 0.25) is 0 Å². The van der Waals surface area contributed by atoms with Gasteiger partial charge >= 0.3 is 11.9 Å². The van der Waals surface area contributed by atoms with Crippen molar-refractivity contribution in [3.63, 3.8) is 0 Å². The summed E-state index contributed by atoms with van der Waals surface area (Å²) in [6.07, 6.45) is -4.92. The third-order valence-electron chi connectivity index (χ3n) is 5.77. The van der Waals surface area contributed by atoms with Crippen LogP contribution in [0.25, 0.3) is 0 Å². The Morgan fingerprint density at radius 2 is 1.38 bits per heavy atom. The Kier molecular flexibility index (Phi) is 8.34. The number of carbonyl (C=O) groups is 2. The van der Waals surface area contributed by atoms with Gasteiger partial charge in [-0.15, -0.1) is 0 Å². The molecule has 1 N–H and O–H groups in total. The Bertz CT molecular complexity index is 1310. The molecule has 0 saturated carbocycles. The summed E-state index contributed by atoms with van der Waals surface area (Å²) >= 11 is 0. The van der Waals surface area contributed by atoms with Crippen molar-refractivity contribution in [1.29, 1.82) is 0 Å². The second-order valence-corrected chi connectivity index (χ2v) is 10.1. The quantitative estimate of drug-likeness (QED) is 0.331. The van der Waals surface area contributed by atoms with Gasteiger partial charge in [0.1, 0.15) is 24.9 Å². The first-order chi connectivity index (χ1) is 17.7. The second kappa shape index (κ2) is 11.7. The Balaban J connectivity index is 1.46. The largest absolute Gasteiger partial charge is 0.459 e. The number of aliphatic hydroxyl groups is 1. The summed E-state index contributed by atoms with van der Waals surface area (Å²) in [6.45, 7) is 0.931. The van der Waals surface area contributed by atoms with E-state index in [2.05, 4.69) is 0 Å². The van der Waals surface area contributed by atoms with Gasteiger partial charge in [-0.1, -0.05) is 54.1 Å². The third kappa shape index (κ3) is 6.60. The van der Waals surface area contributed by atoms with Crippen LogP contribution < -0.4 is 0 Å². The molecule has 4 rings (SSSR count). The highest BCUT2D eigenvalue weighted by atomic mass is 32.2. The number of hydrogen-bond acceptors (Lipinski definition) is 9. The molecule has 194 valence electrons. The zero-order valence-electron chi connectivity index (χ0n) is 19.9. The number of ether oxygens (including phenoxy) is 3. The maximum Gasteiger partial charge on any atom is 0.338 e. The average Bonchev–Trinajstić information content (AvgIpc) is 3.21. The van der Waals surface area contributed by atoms with Gasteiger partial charge in [-0.2, -0.15) is 8.42 Å². The van der Waals surface area contributed by atoms with E-state index >= 15 is 0 Å². The highest BCUT2D eigenvalue weighted by Crippen LogP contribution is 2.27. The molecule has 1 saturated heterocycles. The molecule has 4 unspecified atom stereocenters. The van der Waals surface area contributed by atoms with Crippen LogP contribution in [0.15, 0.2) is 89.8 Å². The molecule has 10 heteroatoms. The van der Waals surface area contributed by atoms with Crippen molar-refractivity contribution in [2.24, 2.45) is 0 Å². The van der Waals surface area contributed by atoms with Crippen molar-refractivity contribution < 1.29 is 41.5 Å². The predicted molar refractivity (Wildman–Crippen MR) is 131 cm³/mol. The van der Waals surface area contributed by atoms with Crippen molar-refractivity contribution in [2.75, 3.05) is 13.2 Å². The van der Waals surface area contributed by atoms with Crippen LogP contribution in [-0.4, -0.2) is 63.1 Å². The molecule has 3 aromatic rings. The predicted octanol–water partition coefficient (Wildman–Crippen LogP) is 2.91. The Labute approximate surface area is 214 Å². The molecule has 0 radical (unpaired) electrons. The van der Waals surface area contributed by atoms with E-state index in [9.17, 15) is 23.1 Å². The monoisotopic (exact) mass is 526 g/mol. The van der Waals surface area contributed by atoms with E-state index in [1.54, 1.807) is 72.8 Å². The molecule has 0 bridgehead atoms. The Hall–Kier alpha value is -3.57. The maximum absolute atomic E-state index is 12.7. The highest BCUT2D eigenvalue weighted by molar-refractivity contribution is 7.86. The minimum absolute atomic E-state index is 0.0500. The zero-order valence-corrected chi connectivity index (χ0v) is 20.7. The SMILES string of the molecule is Cc1ccc(S(=O)(=O)OCC2OC(COC(=O)c3ccccc3)C(OC(=O)c3ccccc3)C2O)cc1. The lowest BCUT2D eigenvalue weighted by molar-refractivity contribution is -0.0481. The minimum Gasteiger partial charge on any atom is -0.459 e. The molecule has 1 heterocycles. The molecule has 3 aromatic carbocycles. The Morgan fingerprint density at radius 3 is 1.97 bits per heavy atom. The van der Waals surface area contributed by atoms with E-state index in [0.29, 0.717) is 5.56 Å². The molecule has 4 atom stereocenters. The summed E-state index contributed by atoms with van der Waals surface area (Å²) in [6, 6.07) is 22.5. The lowest BCUT2D eigenvalue weighted by Crippen LogP contribution is -2.40. The van der Waals surface area contributed by atoms with Crippen LogP contribution in [-0.2, 0) is 28.5 Å². The number of aryl methyl sites for hydroxylation is 1. The number of rotatable bonds is 9. The van der Waals surface area contributed by atoms with Crippen LogP contribution in [0.1, 0.15) is 26.3 Å². The van der Waals surface area contributed by atoms with Crippen molar-refractivity contribution in [3.8, 4) is 0 Å². The maximum atomic E-state index is 12.7. The lowest BCUT2D eigenvalue weighted by atomic mass is 10.1. The van der Waals surface area contributed by atoms with E-state index in [1.165, 1.54) is 12.1 Å². The molecule has 1 aliphatic rings. The van der Waals surface area contributed by atoms with Gasteiger partial charge in [0, 0.05) is 0 Å². The van der Waals surface area contributed by atoms with Gasteiger partial charge in [0.2, 0.25) is 0 Å². The van der Waals surface area contributed by atoms with Crippen molar-refractivity contribution in [2.45, 2.75) is 36.2 Å². The number of hydrogen-bond donors (Lipinski definition) is 1. The van der Waals surface area contributed by atoms with Crippen LogP contribution in [0.5, 0.6) is 0 Å². The molecule has 1 aliphatic heterocycles. The summed E-state index contributed by atoms with van der Waals surface area (Å²) in [4.78, 5) is 25.0. The van der Waals surface area contributed by atoms with E-state index in [0.717, 1.165) is 5.56 Å². The van der Waals surface area contributed by atoms with Crippen LogP contribution in [0.4, 0.5) is 0 Å². The summed E-state index contributed by atoms with van der Waals surface area (Å²) in [5, 5.41) is 10.9. The first kappa shape index (κ1) is 26.5. The van der Waals surface area contributed by atoms with Crippen LogP contribution >= 0.6 is 0 Å². The van der Waals surface area contributed by atoms with Crippen molar-refractivity contribution >= 4 is 22.1 Å². The molecule has 9 nitrogen and oxygen atoms in total. The number of carbonyl (C=O) groups excluding carboxylic acids is 2. The molecule has 0 spiro atoms. The van der Waals surface area contributed by atoms with E-state index in [4.69, 9.17) is 18.4 Å². The topological polar surface area (TPSA) is 125 Å². The van der Waals surface area contributed by atoms with Crippen LogP contribution in [0, 0.1) is 6.92 Å². The van der Waals surface area contributed by atoms with Crippen molar-refractivity contribution in [1.82, 2.24) is 0 Å². The molecule has 37 heavy (non-hydrogen) atoms. The standard InChI is InChI=1S/C27H26O9S/c1-18-12-14-21(15-13-18)37(31,32)34-17-22-24(28)25(36-27(30)20-10-6-3-7-11-20)23(35-22)16-33-26(29)19-8-4-2-5-9-19/h2-15,22-25,28H,16-17H2,1H3. The summed E-state index contributed by atoms with van der Waals surface area (Å²) < 4.78 is 46.9. The summed E-state index contributed by atoms with van der Waals surface area (Å²) in [7, 11) is -4.13. The van der Waals surface area contributed by atoms with Gasteiger partial charge in [-0.3, -0.25) is 4.18 Å². The first-order valence-electron chi connectivity index (χ1n) is 11.5.